The van der Waals surface area contributed by atoms with Gasteiger partial charge in [-0.05, 0) is 22.1 Å². The van der Waals surface area contributed by atoms with Crippen LogP contribution in [-0.4, -0.2) is 46.9 Å². The van der Waals surface area contributed by atoms with Gasteiger partial charge in [-0.2, -0.15) is 0 Å². The Hall–Kier alpha value is -3.68. The summed E-state index contributed by atoms with van der Waals surface area (Å²) in [5, 5.41) is 17.3. The third-order valence-electron chi connectivity index (χ3n) is 5.83. The Morgan fingerprint density at radius 3 is 2.09 bits per heavy atom. The molecule has 0 radical (unpaired) electrons. The van der Waals surface area contributed by atoms with Gasteiger partial charge in [0.1, 0.15) is 18.1 Å². The Morgan fingerprint density at radius 2 is 1.50 bits per heavy atom. The fourth-order valence-electron chi connectivity index (χ4n) is 3.83. The molecule has 3 amide bonds. The average molecular weight is 466 g/mol. The van der Waals surface area contributed by atoms with Gasteiger partial charge in [0.25, 0.3) is 0 Å². The zero-order valence-corrected chi connectivity index (χ0v) is 19.6. The Labute approximate surface area is 199 Å². The van der Waals surface area contributed by atoms with Crippen molar-refractivity contribution in [2.75, 3.05) is 0 Å². The van der Waals surface area contributed by atoms with E-state index in [4.69, 9.17) is 0 Å². The predicted octanol–water partition coefficient (Wildman–Crippen LogP) is 1.71. The summed E-state index contributed by atoms with van der Waals surface area (Å²) in [6.45, 7) is 6.27. The molecule has 34 heavy (non-hydrogen) atoms. The molecule has 180 valence electrons. The van der Waals surface area contributed by atoms with Crippen molar-refractivity contribution in [3.63, 3.8) is 0 Å². The highest BCUT2D eigenvalue weighted by atomic mass is 16.4. The second-order valence-electron chi connectivity index (χ2n) is 9.63. The van der Waals surface area contributed by atoms with Gasteiger partial charge in [0.2, 0.25) is 17.7 Å². The Morgan fingerprint density at radius 1 is 0.912 bits per heavy atom. The number of carboxylic acids is 1. The minimum atomic E-state index is -1.17. The fourth-order valence-corrected chi connectivity index (χ4v) is 3.83. The number of carboxylic acid groups (broad SMARTS) is 1. The van der Waals surface area contributed by atoms with E-state index in [0.29, 0.717) is 6.42 Å². The van der Waals surface area contributed by atoms with Crippen molar-refractivity contribution in [2.24, 2.45) is 0 Å². The lowest BCUT2D eigenvalue weighted by molar-refractivity contribution is -0.142. The van der Waals surface area contributed by atoms with Crippen LogP contribution in [0.3, 0.4) is 0 Å². The van der Waals surface area contributed by atoms with Gasteiger partial charge in [-0.1, -0.05) is 75.4 Å². The molecular weight excluding hydrogens is 434 g/mol. The quantitative estimate of drug-likeness (QED) is 0.472. The van der Waals surface area contributed by atoms with E-state index < -0.39 is 35.9 Å². The van der Waals surface area contributed by atoms with E-state index in [0.717, 1.165) is 16.7 Å². The van der Waals surface area contributed by atoms with Gasteiger partial charge in [-0.15, -0.1) is 0 Å². The Bertz CT molecular complexity index is 1040. The van der Waals surface area contributed by atoms with Crippen LogP contribution >= 0.6 is 0 Å². The third kappa shape index (κ3) is 6.66. The standard InChI is InChI=1S/C26H31N3O5/c1-26(2,3)18-11-9-17(10-12-18)14-21(25(33)34)27-22(30)15-20-24(32)28-19(23(31)29-20)13-16-7-5-4-6-8-16/h4-12,19-21H,13-15H2,1-3H3,(H,27,30)(H,28,32)(H,29,31)(H,33,34)/t19-,20-,21+/m0/s1. The van der Waals surface area contributed by atoms with Crippen molar-refractivity contribution < 1.29 is 24.3 Å². The number of hydrogen-bond acceptors (Lipinski definition) is 4. The first-order valence-electron chi connectivity index (χ1n) is 11.3. The minimum Gasteiger partial charge on any atom is -0.480 e. The van der Waals surface area contributed by atoms with E-state index in [-0.39, 0.29) is 24.2 Å². The number of piperazine rings is 1. The van der Waals surface area contributed by atoms with Crippen LogP contribution < -0.4 is 16.0 Å². The van der Waals surface area contributed by atoms with Crippen LogP contribution in [0.1, 0.15) is 43.9 Å². The fraction of sp³-hybridized carbons (Fsp3) is 0.385. The monoisotopic (exact) mass is 465 g/mol. The summed E-state index contributed by atoms with van der Waals surface area (Å²) in [6, 6.07) is 14.0. The number of carbonyl (C=O) groups is 4. The normalized spacial score (nSPS) is 19.0. The van der Waals surface area contributed by atoms with Crippen molar-refractivity contribution in [3.8, 4) is 0 Å². The molecule has 0 aliphatic carbocycles. The van der Waals surface area contributed by atoms with E-state index in [2.05, 4.69) is 36.7 Å². The highest BCUT2D eigenvalue weighted by Crippen LogP contribution is 2.22. The largest absolute Gasteiger partial charge is 0.480 e. The first-order chi connectivity index (χ1) is 16.0. The number of carbonyl (C=O) groups excluding carboxylic acids is 3. The molecule has 0 unspecified atom stereocenters. The molecule has 1 heterocycles. The Balaban J connectivity index is 1.56. The highest BCUT2D eigenvalue weighted by molar-refractivity contribution is 5.99. The summed E-state index contributed by atoms with van der Waals surface area (Å²) in [4.78, 5) is 49.2. The number of aliphatic carboxylic acids is 1. The summed E-state index contributed by atoms with van der Waals surface area (Å²) >= 11 is 0. The minimum absolute atomic E-state index is 0.0238. The van der Waals surface area contributed by atoms with E-state index in [1.807, 2.05) is 54.6 Å². The molecule has 0 bridgehead atoms. The maximum absolute atomic E-state index is 12.5. The van der Waals surface area contributed by atoms with Gasteiger partial charge >= 0.3 is 5.97 Å². The molecule has 1 saturated heterocycles. The van der Waals surface area contributed by atoms with Crippen LogP contribution in [0.2, 0.25) is 0 Å². The maximum Gasteiger partial charge on any atom is 0.326 e. The van der Waals surface area contributed by atoms with E-state index in [1.54, 1.807) is 0 Å². The molecule has 8 nitrogen and oxygen atoms in total. The highest BCUT2D eigenvalue weighted by Gasteiger charge is 2.35. The number of benzene rings is 2. The molecule has 0 saturated carbocycles. The van der Waals surface area contributed by atoms with Gasteiger partial charge in [0.15, 0.2) is 0 Å². The van der Waals surface area contributed by atoms with Crippen LogP contribution in [0, 0.1) is 0 Å². The summed E-state index contributed by atoms with van der Waals surface area (Å²) in [5.41, 5.74) is 2.77. The van der Waals surface area contributed by atoms with Crippen molar-refractivity contribution in [1.29, 1.82) is 0 Å². The molecule has 1 aliphatic heterocycles. The second kappa shape index (κ2) is 10.5. The van der Waals surface area contributed by atoms with Gasteiger partial charge in [0.05, 0.1) is 6.42 Å². The SMILES string of the molecule is CC(C)(C)c1ccc(C[C@@H](NC(=O)C[C@@H]2NC(=O)[C@H](Cc3ccccc3)NC2=O)C(=O)O)cc1. The first-order valence-corrected chi connectivity index (χ1v) is 11.3. The number of nitrogens with one attached hydrogen (secondary N) is 3. The molecule has 0 aromatic heterocycles. The molecule has 2 aromatic rings. The number of amides is 3. The number of rotatable bonds is 8. The topological polar surface area (TPSA) is 125 Å². The lowest BCUT2D eigenvalue weighted by Gasteiger charge is -2.29. The molecule has 3 atom stereocenters. The van der Waals surface area contributed by atoms with Crippen LogP contribution in [0.4, 0.5) is 0 Å². The predicted molar refractivity (Wildman–Crippen MR) is 127 cm³/mol. The van der Waals surface area contributed by atoms with Crippen LogP contribution in [0.5, 0.6) is 0 Å². The Kier molecular flexibility index (Phi) is 7.71. The summed E-state index contributed by atoms with van der Waals surface area (Å²) in [5.74, 6) is -2.65. The van der Waals surface area contributed by atoms with E-state index >= 15 is 0 Å². The summed E-state index contributed by atoms with van der Waals surface area (Å²) in [6.07, 6.45) is 0.0999. The molecule has 2 aromatic carbocycles. The lowest BCUT2D eigenvalue weighted by Crippen LogP contribution is -2.63. The van der Waals surface area contributed by atoms with Gasteiger partial charge < -0.3 is 21.1 Å². The van der Waals surface area contributed by atoms with Crippen molar-refractivity contribution >= 4 is 23.7 Å². The van der Waals surface area contributed by atoms with E-state index in [1.165, 1.54) is 0 Å². The van der Waals surface area contributed by atoms with Crippen LogP contribution in [0.15, 0.2) is 54.6 Å². The zero-order chi connectivity index (χ0) is 24.9. The van der Waals surface area contributed by atoms with Crippen molar-refractivity contribution in [2.45, 2.75) is 63.6 Å². The van der Waals surface area contributed by atoms with Gasteiger partial charge in [-0.3, -0.25) is 14.4 Å². The third-order valence-corrected chi connectivity index (χ3v) is 5.83. The average Bonchev–Trinajstić information content (AvgIpc) is 2.77. The zero-order valence-electron chi connectivity index (χ0n) is 19.6. The molecule has 4 N–H and O–H groups in total. The molecule has 8 heteroatoms. The van der Waals surface area contributed by atoms with Gasteiger partial charge in [-0.25, -0.2) is 4.79 Å². The van der Waals surface area contributed by atoms with Crippen LogP contribution in [0.25, 0.3) is 0 Å². The summed E-state index contributed by atoms with van der Waals surface area (Å²) in [7, 11) is 0. The maximum atomic E-state index is 12.5. The lowest BCUT2D eigenvalue weighted by atomic mass is 9.86. The number of hydrogen-bond donors (Lipinski definition) is 4. The second-order valence-corrected chi connectivity index (χ2v) is 9.63. The van der Waals surface area contributed by atoms with Crippen LogP contribution in [-0.2, 0) is 37.4 Å². The van der Waals surface area contributed by atoms with Gasteiger partial charge in [0, 0.05) is 12.8 Å². The van der Waals surface area contributed by atoms with E-state index in [9.17, 15) is 24.3 Å². The smallest absolute Gasteiger partial charge is 0.326 e. The molecule has 1 aliphatic rings. The molecular formula is C26H31N3O5. The van der Waals surface area contributed by atoms with Crippen molar-refractivity contribution in [1.82, 2.24) is 16.0 Å². The molecule has 3 rings (SSSR count). The first kappa shape index (κ1) is 25.0. The van der Waals surface area contributed by atoms with Crippen molar-refractivity contribution in [3.05, 3.63) is 71.3 Å². The summed E-state index contributed by atoms with van der Waals surface area (Å²) < 4.78 is 0. The molecule has 1 fully saturated rings. The molecule has 0 spiro atoms.